The first-order valence-electron chi connectivity index (χ1n) is 3.62. The summed E-state index contributed by atoms with van der Waals surface area (Å²) in [6, 6.07) is 0.203. The molecular formula is C6H11N3OS. The molecule has 0 unspecified atom stereocenters. The van der Waals surface area contributed by atoms with Crippen molar-refractivity contribution in [3.63, 3.8) is 0 Å². The summed E-state index contributed by atoms with van der Waals surface area (Å²) in [6.45, 7) is 0. The molecule has 2 heterocycles. The van der Waals surface area contributed by atoms with E-state index in [0.717, 1.165) is 11.5 Å². The zero-order chi connectivity index (χ0) is 7.90. The first kappa shape index (κ1) is 7.24. The van der Waals surface area contributed by atoms with Crippen LogP contribution in [0.15, 0.2) is 0 Å². The van der Waals surface area contributed by atoms with Gasteiger partial charge in [0, 0.05) is 11.5 Å². The fourth-order valence-corrected chi connectivity index (χ4v) is 3.04. The van der Waals surface area contributed by atoms with Crippen LogP contribution in [0.25, 0.3) is 0 Å². The van der Waals surface area contributed by atoms with Gasteiger partial charge in [-0.25, -0.2) is 4.79 Å². The third-order valence-electron chi connectivity index (χ3n) is 2.30. The highest BCUT2D eigenvalue weighted by molar-refractivity contribution is 7.99. The van der Waals surface area contributed by atoms with E-state index in [4.69, 9.17) is 0 Å². The van der Waals surface area contributed by atoms with Crippen LogP contribution in [0, 0.1) is 0 Å². The summed E-state index contributed by atoms with van der Waals surface area (Å²) in [5.41, 5.74) is -0.179. The first-order chi connectivity index (χ1) is 5.27. The first-order valence-corrected chi connectivity index (χ1v) is 4.78. The van der Waals surface area contributed by atoms with Gasteiger partial charge in [0.2, 0.25) is 0 Å². The molecule has 4 nitrogen and oxygen atoms in total. The van der Waals surface area contributed by atoms with Crippen LogP contribution in [0.3, 0.4) is 0 Å². The molecule has 3 N–H and O–H groups in total. The van der Waals surface area contributed by atoms with Crippen LogP contribution < -0.4 is 16.0 Å². The Labute approximate surface area is 69.5 Å². The van der Waals surface area contributed by atoms with Gasteiger partial charge in [-0.3, -0.25) is 5.32 Å². The minimum atomic E-state index is -0.179. The zero-order valence-corrected chi connectivity index (χ0v) is 7.12. The van der Waals surface area contributed by atoms with Gasteiger partial charge < -0.3 is 10.6 Å². The Hall–Kier alpha value is -0.420. The molecule has 5 heteroatoms. The van der Waals surface area contributed by atoms with Crippen molar-refractivity contribution in [1.29, 1.82) is 0 Å². The van der Waals surface area contributed by atoms with E-state index in [9.17, 15) is 4.79 Å². The highest BCUT2D eigenvalue weighted by Gasteiger charge is 2.49. The minimum Gasteiger partial charge on any atom is -0.331 e. The van der Waals surface area contributed by atoms with E-state index in [1.165, 1.54) is 0 Å². The molecule has 0 aromatic carbocycles. The van der Waals surface area contributed by atoms with Gasteiger partial charge in [0.25, 0.3) is 0 Å². The number of thioether (sulfide) groups is 1. The van der Waals surface area contributed by atoms with Crippen LogP contribution in [0.1, 0.15) is 0 Å². The molecule has 0 aliphatic carbocycles. The van der Waals surface area contributed by atoms with E-state index in [0.29, 0.717) is 0 Å². The molecule has 2 aliphatic rings. The maximum absolute atomic E-state index is 10.9. The Morgan fingerprint density at radius 3 is 3.27 bits per heavy atom. The summed E-state index contributed by atoms with van der Waals surface area (Å²) < 4.78 is 0. The van der Waals surface area contributed by atoms with Crippen molar-refractivity contribution in [3.05, 3.63) is 0 Å². The zero-order valence-electron chi connectivity index (χ0n) is 6.31. The Morgan fingerprint density at radius 1 is 1.82 bits per heavy atom. The lowest BCUT2D eigenvalue weighted by Gasteiger charge is -2.25. The summed E-state index contributed by atoms with van der Waals surface area (Å²) >= 11 is 1.85. The van der Waals surface area contributed by atoms with Gasteiger partial charge in [-0.2, -0.15) is 11.8 Å². The molecule has 2 saturated heterocycles. The van der Waals surface area contributed by atoms with Crippen molar-refractivity contribution in [2.24, 2.45) is 0 Å². The quantitative estimate of drug-likeness (QED) is 0.461. The van der Waals surface area contributed by atoms with Gasteiger partial charge in [-0.1, -0.05) is 0 Å². The normalized spacial score (nSPS) is 41.5. The van der Waals surface area contributed by atoms with Crippen molar-refractivity contribution in [2.45, 2.75) is 11.7 Å². The SMILES string of the molecule is CN[C@@]12CSC[C@@H]1NC(=O)N2. The standard InChI is InChI=1S/C6H11N3OS/c1-7-6-3-11-2-4(6)8-5(10)9-6/h4,7H,2-3H2,1H3,(H2,8,9,10)/t4-,6+/m0/s1. The lowest BCUT2D eigenvalue weighted by atomic mass is 10.1. The van der Waals surface area contributed by atoms with Gasteiger partial charge in [-0.15, -0.1) is 0 Å². The number of nitrogens with one attached hydrogen (secondary N) is 3. The van der Waals surface area contributed by atoms with Gasteiger partial charge in [0.05, 0.1) is 6.04 Å². The molecule has 2 aliphatic heterocycles. The van der Waals surface area contributed by atoms with Gasteiger partial charge in [-0.05, 0) is 7.05 Å². The van der Waals surface area contributed by atoms with Crippen LogP contribution in [-0.4, -0.2) is 36.3 Å². The second-order valence-corrected chi connectivity index (χ2v) is 3.92. The molecule has 0 spiro atoms. The Kier molecular flexibility index (Phi) is 1.50. The molecule has 2 atom stereocenters. The second-order valence-electron chi connectivity index (χ2n) is 2.89. The maximum Gasteiger partial charge on any atom is 0.316 e. The molecule has 2 fully saturated rings. The largest absolute Gasteiger partial charge is 0.331 e. The van der Waals surface area contributed by atoms with Crippen LogP contribution in [0.4, 0.5) is 4.79 Å². The highest BCUT2D eigenvalue weighted by Crippen LogP contribution is 2.28. The van der Waals surface area contributed by atoms with E-state index in [1.54, 1.807) is 0 Å². The summed E-state index contributed by atoms with van der Waals surface area (Å²) in [5, 5.41) is 8.93. The Balaban J connectivity index is 2.21. The molecule has 2 amide bonds. The Bertz CT molecular complexity index is 198. The topological polar surface area (TPSA) is 53.2 Å². The van der Waals surface area contributed by atoms with Crippen molar-refractivity contribution >= 4 is 17.8 Å². The molecular weight excluding hydrogens is 162 g/mol. The molecule has 0 aromatic heterocycles. The van der Waals surface area contributed by atoms with Crippen molar-refractivity contribution in [2.75, 3.05) is 18.6 Å². The number of fused-ring (bicyclic) bond motifs is 1. The molecule has 0 bridgehead atoms. The Morgan fingerprint density at radius 2 is 2.64 bits per heavy atom. The smallest absolute Gasteiger partial charge is 0.316 e. The molecule has 11 heavy (non-hydrogen) atoms. The maximum atomic E-state index is 10.9. The number of carbonyl (C=O) groups excluding carboxylic acids is 1. The summed E-state index contributed by atoms with van der Waals surface area (Å²) in [6.07, 6.45) is 0. The number of carbonyl (C=O) groups is 1. The van der Waals surface area contributed by atoms with E-state index >= 15 is 0 Å². The van der Waals surface area contributed by atoms with Gasteiger partial charge in [0.15, 0.2) is 0 Å². The average molecular weight is 173 g/mol. The van der Waals surface area contributed by atoms with E-state index < -0.39 is 0 Å². The van der Waals surface area contributed by atoms with Crippen LogP contribution >= 0.6 is 11.8 Å². The summed E-state index contributed by atoms with van der Waals surface area (Å²) in [4.78, 5) is 10.9. The number of urea groups is 1. The number of amides is 2. The number of hydrogen-bond donors (Lipinski definition) is 3. The molecule has 0 saturated carbocycles. The van der Waals surface area contributed by atoms with Crippen molar-refractivity contribution in [1.82, 2.24) is 16.0 Å². The van der Waals surface area contributed by atoms with E-state index in [-0.39, 0.29) is 17.7 Å². The monoisotopic (exact) mass is 173 g/mol. The summed E-state index contributed by atoms with van der Waals surface area (Å²) in [7, 11) is 1.88. The molecule has 2 rings (SSSR count). The molecule has 0 aromatic rings. The number of rotatable bonds is 1. The van der Waals surface area contributed by atoms with Crippen molar-refractivity contribution in [3.8, 4) is 0 Å². The number of hydrogen-bond acceptors (Lipinski definition) is 3. The number of likely N-dealkylation sites (N-methyl/N-ethyl adjacent to an activating group) is 1. The van der Waals surface area contributed by atoms with Gasteiger partial charge >= 0.3 is 6.03 Å². The van der Waals surface area contributed by atoms with Crippen LogP contribution in [0.5, 0.6) is 0 Å². The lowest BCUT2D eigenvalue weighted by molar-refractivity contribution is 0.243. The third-order valence-corrected chi connectivity index (χ3v) is 3.53. The van der Waals surface area contributed by atoms with Gasteiger partial charge in [0.1, 0.15) is 5.66 Å². The van der Waals surface area contributed by atoms with E-state index in [2.05, 4.69) is 16.0 Å². The lowest BCUT2D eigenvalue weighted by Crippen LogP contribution is -2.58. The fourth-order valence-electron chi connectivity index (χ4n) is 1.57. The highest BCUT2D eigenvalue weighted by atomic mass is 32.2. The average Bonchev–Trinajstić information content (AvgIpc) is 2.43. The summed E-state index contributed by atoms with van der Waals surface area (Å²) in [5.74, 6) is 1.95. The minimum absolute atomic E-state index is 0.0512. The molecule has 0 radical (unpaired) electrons. The molecule has 62 valence electrons. The predicted octanol–water partition coefficient (Wildman–Crippen LogP) is -0.670. The van der Waals surface area contributed by atoms with Crippen LogP contribution in [-0.2, 0) is 0 Å². The van der Waals surface area contributed by atoms with Crippen molar-refractivity contribution < 1.29 is 4.79 Å². The predicted molar refractivity (Wildman–Crippen MR) is 44.6 cm³/mol. The van der Waals surface area contributed by atoms with Crippen LogP contribution in [0.2, 0.25) is 0 Å². The fraction of sp³-hybridized carbons (Fsp3) is 0.833. The van der Waals surface area contributed by atoms with E-state index in [1.807, 2.05) is 18.8 Å². The second kappa shape index (κ2) is 2.28. The third kappa shape index (κ3) is 0.911.